The zero-order valence-corrected chi connectivity index (χ0v) is 17.0. The van der Waals surface area contributed by atoms with Gasteiger partial charge in [-0.05, 0) is 25.0 Å². The lowest BCUT2D eigenvalue weighted by Gasteiger charge is -2.26. The SMILES string of the molecule is COc1ccccc1N1C(=NC(=O)C2CCCCC2)S[C@H]2CS(=O)(=O)C[C@@H]21. The van der Waals surface area contributed by atoms with Gasteiger partial charge in [0, 0.05) is 11.2 Å². The second-order valence-corrected chi connectivity index (χ2v) is 10.8. The summed E-state index contributed by atoms with van der Waals surface area (Å²) in [5.41, 5.74) is 0.771. The van der Waals surface area contributed by atoms with Gasteiger partial charge in [0.2, 0.25) is 0 Å². The van der Waals surface area contributed by atoms with Crippen molar-refractivity contribution in [1.82, 2.24) is 0 Å². The number of rotatable bonds is 3. The van der Waals surface area contributed by atoms with Gasteiger partial charge in [0.1, 0.15) is 5.75 Å². The largest absolute Gasteiger partial charge is 0.495 e. The predicted molar refractivity (Wildman–Crippen MR) is 108 cm³/mol. The molecule has 1 aromatic rings. The Morgan fingerprint density at radius 2 is 1.93 bits per heavy atom. The quantitative estimate of drug-likeness (QED) is 0.765. The molecule has 6 nitrogen and oxygen atoms in total. The summed E-state index contributed by atoms with van der Waals surface area (Å²) in [7, 11) is -1.49. The molecule has 146 valence electrons. The van der Waals surface area contributed by atoms with Crippen LogP contribution in [-0.4, -0.2) is 49.4 Å². The molecule has 4 rings (SSSR count). The van der Waals surface area contributed by atoms with E-state index in [1.54, 1.807) is 7.11 Å². The average Bonchev–Trinajstić information content (AvgIpc) is 3.13. The van der Waals surface area contributed by atoms with E-state index in [-0.39, 0.29) is 34.6 Å². The molecule has 1 saturated carbocycles. The fraction of sp³-hybridized carbons (Fsp3) is 0.579. The zero-order valence-electron chi connectivity index (χ0n) is 15.3. The number of benzene rings is 1. The molecule has 3 fully saturated rings. The molecule has 1 amide bonds. The van der Waals surface area contributed by atoms with Crippen LogP contribution in [0.2, 0.25) is 0 Å². The second-order valence-electron chi connectivity index (χ2n) is 7.41. The van der Waals surface area contributed by atoms with Crippen LogP contribution in [0.1, 0.15) is 32.1 Å². The van der Waals surface area contributed by atoms with E-state index in [4.69, 9.17) is 4.74 Å². The molecule has 1 aromatic carbocycles. The number of para-hydroxylation sites is 2. The summed E-state index contributed by atoms with van der Waals surface area (Å²) in [6.07, 6.45) is 5.14. The van der Waals surface area contributed by atoms with Crippen molar-refractivity contribution in [2.45, 2.75) is 43.4 Å². The Morgan fingerprint density at radius 1 is 1.19 bits per heavy atom. The summed E-state index contributed by atoms with van der Waals surface area (Å²) >= 11 is 1.42. The van der Waals surface area contributed by atoms with Gasteiger partial charge in [0.25, 0.3) is 5.91 Å². The molecule has 0 radical (unpaired) electrons. The minimum atomic E-state index is -3.08. The number of sulfone groups is 1. The summed E-state index contributed by atoms with van der Waals surface area (Å²) in [5.74, 6) is 0.792. The first-order valence-electron chi connectivity index (χ1n) is 9.40. The van der Waals surface area contributed by atoms with Crippen molar-refractivity contribution < 1.29 is 17.9 Å². The first-order valence-corrected chi connectivity index (χ1v) is 12.1. The van der Waals surface area contributed by atoms with Crippen molar-refractivity contribution in [3.63, 3.8) is 0 Å². The molecular weight excluding hydrogens is 384 g/mol. The molecule has 2 heterocycles. The number of hydrogen-bond donors (Lipinski definition) is 0. The van der Waals surface area contributed by atoms with Crippen LogP contribution >= 0.6 is 11.8 Å². The van der Waals surface area contributed by atoms with Crippen molar-refractivity contribution in [1.29, 1.82) is 0 Å². The monoisotopic (exact) mass is 408 g/mol. The molecule has 0 bridgehead atoms. The Bertz CT molecular complexity index is 862. The fourth-order valence-electron chi connectivity index (χ4n) is 4.21. The highest BCUT2D eigenvalue weighted by Crippen LogP contribution is 2.44. The summed E-state index contributed by atoms with van der Waals surface area (Å²) < 4.78 is 29.8. The van der Waals surface area contributed by atoms with Crippen LogP contribution in [-0.2, 0) is 14.6 Å². The van der Waals surface area contributed by atoms with E-state index in [1.165, 1.54) is 18.2 Å². The molecule has 0 spiro atoms. The van der Waals surface area contributed by atoms with E-state index < -0.39 is 9.84 Å². The number of thioether (sulfide) groups is 1. The van der Waals surface area contributed by atoms with Gasteiger partial charge < -0.3 is 9.64 Å². The van der Waals surface area contributed by atoms with Crippen molar-refractivity contribution in [3.05, 3.63) is 24.3 Å². The summed E-state index contributed by atoms with van der Waals surface area (Å²) in [4.78, 5) is 19.2. The van der Waals surface area contributed by atoms with Crippen LogP contribution in [0, 0.1) is 5.92 Å². The molecule has 3 aliphatic rings. The van der Waals surface area contributed by atoms with Crippen molar-refractivity contribution in [3.8, 4) is 5.75 Å². The Kier molecular flexibility index (Phi) is 5.20. The molecule has 0 aromatic heterocycles. The zero-order chi connectivity index (χ0) is 19.0. The first-order chi connectivity index (χ1) is 13.0. The van der Waals surface area contributed by atoms with E-state index in [0.29, 0.717) is 10.9 Å². The Labute approximate surface area is 164 Å². The van der Waals surface area contributed by atoms with Crippen molar-refractivity contribution >= 4 is 38.4 Å². The lowest BCUT2D eigenvalue weighted by atomic mass is 9.89. The second kappa shape index (κ2) is 7.47. The number of hydrogen-bond acceptors (Lipinski definition) is 5. The summed E-state index contributed by atoms with van der Waals surface area (Å²) in [6.45, 7) is 0. The third-order valence-electron chi connectivity index (χ3n) is 5.57. The van der Waals surface area contributed by atoms with Crippen LogP contribution in [0.5, 0.6) is 5.75 Å². The number of carbonyl (C=O) groups is 1. The van der Waals surface area contributed by atoms with Gasteiger partial charge in [-0.25, -0.2) is 8.42 Å². The van der Waals surface area contributed by atoms with Gasteiger partial charge in [0.05, 0.1) is 30.3 Å². The Hall–Kier alpha value is -1.54. The van der Waals surface area contributed by atoms with E-state index in [2.05, 4.69) is 4.99 Å². The molecule has 27 heavy (non-hydrogen) atoms. The highest BCUT2D eigenvalue weighted by atomic mass is 32.2. The number of ether oxygens (including phenoxy) is 1. The Balaban J connectivity index is 1.70. The first kappa shape index (κ1) is 18.8. The number of methoxy groups -OCH3 is 1. The van der Waals surface area contributed by atoms with E-state index in [1.807, 2.05) is 29.2 Å². The molecule has 1 aliphatic carbocycles. The van der Waals surface area contributed by atoms with E-state index in [0.717, 1.165) is 31.4 Å². The third kappa shape index (κ3) is 3.74. The fourth-order valence-corrected chi connectivity index (χ4v) is 8.12. The molecule has 0 N–H and O–H groups in total. The smallest absolute Gasteiger partial charge is 0.251 e. The number of amidine groups is 1. The number of carbonyl (C=O) groups excluding carboxylic acids is 1. The standard InChI is InChI=1S/C19H24N2O4S2/c1-25-16-10-6-5-9-14(16)21-15-11-27(23,24)12-17(15)26-19(21)20-18(22)13-7-3-2-4-8-13/h5-6,9-10,13,15,17H,2-4,7-8,11-12H2,1H3/t15-,17-/m0/s1. The molecular formula is C19H24N2O4S2. The van der Waals surface area contributed by atoms with Crippen molar-refractivity contribution in [2.24, 2.45) is 10.9 Å². The van der Waals surface area contributed by atoms with Crippen molar-refractivity contribution in [2.75, 3.05) is 23.5 Å². The van der Waals surface area contributed by atoms with Crippen LogP contribution in [0.15, 0.2) is 29.3 Å². The Morgan fingerprint density at radius 3 is 2.67 bits per heavy atom. The topological polar surface area (TPSA) is 76.0 Å². The highest BCUT2D eigenvalue weighted by Gasteiger charge is 2.50. The molecule has 8 heteroatoms. The average molecular weight is 409 g/mol. The van der Waals surface area contributed by atoms with Crippen LogP contribution in [0.3, 0.4) is 0 Å². The van der Waals surface area contributed by atoms with E-state index >= 15 is 0 Å². The third-order valence-corrected chi connectivity index (χ3v) is 8.78. The number of aliphatic imine (C=N–C) groups is 1. The van der Waals surface area contributed by atoms with Gasteiger partial charge in [-0.3, -0.25) is 4.79 Å². The van der Waals surface area contributed by atoms with Crippen LogP contribution in [0.4, 0.5) is 5.69 Å². The summed E-state index contributed by atoms with van der Waals surface area (Å²) in [5, 5.41) is 0.512. The highest BCUT2D eigenvalue weighted by molar-refractivity contribution is 8.16. The molecule has 2 atom stereocenters. The van der Waals surface area contributed by atoms with Gasteiger partial charge >= 0.3 is 0 Å². The lowest BCUT2D eigenvalue weighted by Crippen LogP contribution is -2.38. The van der Waals surface area contributed by atoms with Gasteiger partial charge in [0.15, 0.2) is 15.0 Å². The maximum atomic E-state index is 12.8. The van der Waals surface area contributed by atoms with Gasteiger partial charge in [-0.2, -0.15) is 4.99 Å². The van der Waals surface area contributed by atoms with Crippen LogP contribution in [0.25, 0.3) is 0 Å². The maximum absolute atomic E-state index is 12.8. The number of fused-ring (bicyclic) bond motifs is 1. The summed E-state index contributed by atoms with van der Waals surface area (Å²) in [6, 6.07) is 7.29. The number of nitrogens with zero attached hydrogens (tertiary/aromatic N) is 2. The normalized spacial score (nSPS) is 29.1. The maximum Gasteiger partial charge on any atom is 0.251 e. The molecule has 2 aliphatic heterocycles. The predicted octanol–water partition coefficient (Wildman–Crippen LogP) is 2.88. The molecule has 0 unspecified atom stereocenters. The lowest BCUT2D eigenvalue weighted by molar-refractivity contribution is -0.122. The van der Waals surface area contributed by atoms with E-state index in [9.17, 15) is 13.2 Å². The minimum Gasteiger partial charge on any atom is -0.495 e. The molecule has 2 saturated heterocycles. The number of anilines is 1. The minimum absolute atomic E-state index is 0.00413. The van der Waals surface area contributed by atoms with Gasteiger partial charge in [-0.1, -0.05) is 43.2 Å². The number of amides is 1. The van der Waals surface area contributed by atoms with Crippen LogP contribution < -0.4 is 9.64 Å². The van der Waals surface area contributed by atoms with Gasteiger partial charge in [-0.15, -0.1) is 0 Å².